The lowest BCUT2D eigenvalue weighted by Gasteiger charge is -2.21. The molecule has 4 heteroatoms. The SMILES string of the molecule is CC.CCCCCN(CCC)Cc1c[nH]c2ccccc12.COc1ccccc1C=O. The second-order valence-corrected chi connectivity index (χ2v) is 7.20. The first-order valence-electron chi connectivity index (χ1n) is 11.6. The Morgan fingerprint density at radius 2 is 1.65 bits per heavy atom. The van der Waals surface area contributed by atoms with E-state index in [-0.39, 0.29) is 0 Å². The van der Waals surface area contributed by atoms with Crippen molar-refractivity contribution in [1.29, 1.82) is 0 Å². The highest BCUT2D eigenvalue weighted by Crippen LogP contribution is 2.19. The average molecular weight is 425 g/mol. The van der Waals surface area contributed by atoms with Gasteiger partial charge < -0.3 is 9.72 Å². The van der Waals surface area contributed by atoms with Crippen LogP contribution in [0.3, 0.4) is 0 Å². The minimum Gasteiger partial charge on any atom is -0.496 e. The molecule has 4 nitrogen and oxygen atoms in total. The van der Waals surface area contributed by atoms with Crippen LogP contribution in [0.25, 0.3) is 10.9 Å². The summed E-state index contributed by atoms with van der Waals surface area (Å²) in [5, 5.41) is 1.37. The molecule has 170 valence electrons. The van der Waals surface area contributed by atoms with Crippen molar-refractivity contribution in [1.82, 2.24) is 9.88 Å². The Bertz CT molecular complexity index is 857. The van der Waals surface area contributed by atoms with Gasteiger partial charge in [0.05, 0.1) is 12.7 Å². The molecule has 0 bridgehead atoms. The van der Waals surface area contributed by atoms with Crippen molar-refractivity contribution < 1.29 is 9.53 Å². The molecule has 0 radical (unpaired) electrons. The standard InChI is InChI=1S/C17H26N2.C8H8O2.C2H6/c1-3-5-8-12-19(11-4-2)14-15-13-18-17-10-7-6-9-16(15)17;1-10-8-5-3-2-4-7(8)6-9;1-2/h6-7,9-10,13,18H,3-5,8,11-12,14H2,1-2H3;2-6H,1H3;1-2H3. The normalized spacial score (nSPS) is 10.1. The fourth-order valence-corrected chi connectivity index (χ4v) is 3.44. The molecule has 0 spiro atoms. The van der Waals surface area contributed by atoms with E-state index in [2.05, 4.69) is 54.2 Å². The largest absolute Gasteiger partial charge is 0.496 e. The zero-order valence-electron chi connectivity index (χ0n) is 20.0. The Hall–Kier alpha value is -2.59. The molecule has 3 rings (SSSR count). The van der Waals surface area contributed by atoms with Gasteiger partial charge in [0, 0.05) is 23.6 Å². The summed E-state index contributed by atoms with van der Waals surface area (Å²) >= 11 is 0. The van der Waals surface area contributed by atoms with Crippen molar-refractivity contribution in [2.24, 2.45) is 0 Å². The van der Waals surface area contributed by atoms with E-state index in [1.54, 1.807) is 25.3 Å². The van der Waals surface area contributed by atoms with Crippen LogP contribution in [0.5, 0.6) is 5.75 Å². The number of carbonyl (C=O) groups is 1. The predicted molar refractivity (Wildman–Crippen MR) is 133 cm³/mol. The number of hydrogen-bond donors (Lipinski definition) is 1. The number of aromatic amines is 1. The molecule has 0 amide bonds. The van der Waals surface area contributed by atoms with Crippen LogP contribution < -0.4 is 4.74 Å². The Labute approximate surface area is 188 Å². The third-order valence-corrected chi connectivity index (χ3v) is 4.95. The number of rotatable bonds is 10. The fourth-order valence-electron chi connectivity index (χ4n) is 3.44. The molecule has 0 aliphatic carbocycles. The number of ether oxygens (including phenoxy) is 1. The summed E-state index contributed by atoms with van der Waals surface area (Å²) in [6.07, 6.45) is 8.14. The highest BCUT2D eigenvalue weighted by molar-refractivity contribution is 5.83. The lowest BCUT2D eigenvalue weighted by molar-refractivity contribution is 0.112. The van der Waals surface area contributed by atoms with E-state index < -0.39 is 0 Å². The molecule has 31 heavy (non-hydrogen) atoms. The second-order valence-electron chi connectivity index (χ2n) is 7.20. The van der Waals surface area contributed by atoms with Gasteiger partial charge in [0.15, 0.2) is 6.29 Å². The van der Waals surface area contributed by atoms with Crippen molar-refractivity contribution in [2.45, 2.75) is 59.9 Å². The van der Waals surface area contributed by atoms with E-state index in [0.717, 1.165) is 12.8 Å². The Kier molecular flexibility index (Phi) is 13.8. The van der Waals surface area contributed by atoms with E-state index in [1.165, 1.54) is 55.2 Å². The molecule has 0 atom stereocenters. The molecule has 0 fully saturated rings. The maximum absolute atomic E-state index is 10.3. The molecular formula is C27H40N2O2. The number of methoxy groups -OCH3 is 1. The summed E-state index contributed by atoms with van der Waals surface area (Å²) in [6, 6.07) is 15.7. The number of aromatic nitrogens is 1. The molecule has 0 saturated carbocycles. The molecule has 1 heterocycles. The predicted octanol–water partition coefficient (Wildman–Crippen LogP) is 7.10. The van der Waals surface area contributed by atoms with Gasteiger partial charge >= 0.3 is 0 Å². The first-order valence-corrected chi connectivity index (χ1v) is 11.6. The molecule has 1 aromatic heterocycles. The monoisotopic (exact) mass is 424 g/mol. The highest BCUT2D eigenvalue weighted by atomic mass is 16.5. The summed E-state index contributed by atoms with van der Waals surface area (Å²) in [7, 11) is 1.54. The first-order chi connectivity index (χ1) is 15.2. The van der Waals surface area contributed by atoms with Crippen molar-refractivity contribution in [2.75, 3.05) is 20.2 Å². The maximum Gasteiger partial charge on any atom is 0.153 e. The van der Waals surface area contributed by atoms with Crippen molar-refractivity contribution in [3.63, 3.8) is 0 Å². The Morgan fingerprint density at radius 1 is 0.935 bits per heavy atom. The molecule has 3 aromatic rings. The van der Waals surface area contributed by atoms with Gasteiger partial charge in [-0.3, -0.25) is 9.69 Å². The summed E-state index contributed by atoms with van der Waals surface area (Å²) in [4.78, 5) is 16.3. The lowest BCUT2D eigenvalue weighted by atomic mass is 10.1. The summed E-state index contributed by atoms with van der Waals surface area (Å²) in [6.45, 7) is 12.0. The number of H-pyrrole nitrogens is 1. The van der Waals surface area contributed by atoms with Crippen LogP contribution in [0.1, 0.15) is 69.3 Å². The van der Waals surface area contributed by atoms with E-state index in [9.17, 15) is 4.79 Å². The van der Waals surface area contributed by atoms with Crippen LogP contribution in [0, 0.1) is 0 Å². The minimum absolute atomic E-state index is 0.588. The Morgan fingerprint density at radius 3 is 2.29 bits per heavy atom. The number of carbonyl (C=O) groups excluding carboxylic acids is 1. The number of nitrogens with zero attached hydrogens (tertiary/aromatic N) is 1. The van der Waals surface area contributed by atoms with Crippen molar-refractivity contribution in [3.05, 3.63) is 65.9 Å². The van der Waals surface area contributed by atoms with E-state index in [0.29, 0.717) is 11.3 Å². The van der Waals surface area contributed by atoms with Crippen LogP contribution in [-0.4, -0.2) is 36.4 Å². The van der Waals surface area contributed by atoms with Crippen LogP contribution in [0.4, 0.5) is 0 Å². The highest BCUT2D eigenvalue weighted by Gasteiger charge is 2.08. The molecule has 1 N–H and O–H groups in total. The van der Waals surface area contributed by atoms with E-state index in [4.69, 9.17) is 4.74 Å². The van der Waals surface area contributed by atoms with Gasteiger partial charge in [-0.15, -0.1) is 0 Å². The molecular weight excluding hydrogens is 384 g/mol. The zero-order valence-corrected chi connectivity index (χ0v) is 20.0. The lowest BCUT2D eigenvalue weighted by Crippen LogP contribution is -2.25. The fraction of sp³-hybridized carbons (Fsp3) is 0.444. The molecule has 2 aromatic carbocycles. The molecule has 0 aliphatic rings. The number of hydrogen-bond acceptors (Lipinski definition) is 3. The number of nitrogens with one attached hydrogen (secondary N) is 1. The third-order valence-electron chi connectivity index (χ3n) is 4.95. The Balaban J connectivity index is 0.000000337. The molecule has 0 saturated heterocycles. The summed E-state index contributed by atoms with van der Waals surface area (Å²) in [5.74, 6) is 0.623. The topological polar surface area (TPSA) is 45.3 Å². The van der Waals surface area contributed by atoms with Gasteiger partial charge in [-0.2, -0.15) is 0 Å². The van der Waals surface area contributed by atoms with Crippen molar-refractivity contribution in [3.8, 4) is 5.75 Å². The molecule has 0 aliphatic heterocycles. The second kappa shape index (κ2) is 16.1. The average Bonchev–Trinajstić information content (AvgIpc) is 3.24. The van der Waals surface area contributed by atoms with Gasteiger partial charge in [-0.25, -0.2) is 0 Å². The number of benzene rings is 2. The van der Waals surface area contributed by atoms with Crippen LogP contribution in [0.15, 0.2) is 54.7 Å². The minimum atomic E-state index is 0.588. The molecule has 0 unspecified atom stereocenters. The quantitative estimate of drug-likeness (QED) is 0.279. The third kappa shape index (κ3) is 8.97. The first kappa shape index (κ1) is 26.4. The smallest absolute Gasteiger partial charge is 0.153 e. The number of fused-ring (bicyclic) bond motifs is 1. The van der Waals surface area contributed by atoms with Crippen molar-refractivity contribution >= 4 is 17.2 Å². The summed E-state index contributed by atoms with van der Waals surface area (Å²) in [5.41, 5.74) is 3.27. The van der Waals surface area contributed by atoms with Crippen LogP contribution in [0.2, 0.25) is 0 Å². The van der Waals surface area contributed by atoms with Crippen LogP contribution >= 0.6 is 0 Å². The van der Waals surface area contributed by atoms with Gasteiger partial charge in [-0.05, 0) is 49.7 Å². The van der Waals surface area contributed by atoms with Gasteiger partial charge in [0.25, 0.3) is 0 Å². The maximum atomic E-state index is 10.3. The van der Waals surface area contributed by atoms with Gasteiger partial charge in [0.1, 0.15) is 5.75 Å². The van der Waals surface area contributed by atoms with Gasteiger partial charge in [-0.1, -0.05) is 70.9 Å². The number of unbranched alkanes of at least 4 members (excludes halogenated alkanes) is 2. The number of para-hydroxylation sites is 2. The van der Waals surface area contributed by atoms with E-state index >= 15 is 0 Å². The van der Waals surface area contributed by atoms with Gasteiger partial charge in [0.2, 0.25) is 0 Å². The number of aldehydes is 1. The summed E-state index contributed by atoms with van der Waals surface area (Å²) < 4.78 is 4.90. The zero-order chi connectivity index (χ0) is 22.9. The van der Waals surface area contributed by atoms with Crippen LogP contribution in [-0.2, 0) is 6.54 Å². The van der Waals surface area contributed by atoms with E-state index in [1.807, 2.05) is 19.9 Å².